The number of carbonyl (C=O) groups is 3. The Hall–Kier alpha value is -1.35. The minimum Gasteiger partial charge on any atom is -0.304 e. The van der Waals surface area contributed by atoms with Gasteiger partial charge in [0.05, 0.1) is 6.54 Å². The predicted molar refractivity (Wildman–Crippen MR) is 58.0 cm³/mol. The van der Waals surface area contributed by atoms with E-state index in [-0.39, 0.29) is 37.6 Å². The molecule has 1 atom stereocenters. The fourth-order valence-electron chi connectivity index (χ4n) is 1.85. The van der Waals surface area contributed by atoms with Crippen LogP contribution in [0.5, 0.6) is 0 Å². The van der Waals surface area contributed by atoms with Crippen molar-refractivity contribution in [3.8, 4) is 0 Å². The number of amides is 1. The molecule has 2 rings (SSSR count). The van der Waals surface area contributed by atoms with Gasteiger partial charge in [0.1, 0.15) is 5.78 Å². The largest absolute Gasteiger partial charge is 0.304 e. The van der Waals surface area contributed by atoms with Gasteiger partial charge in [-0.25, -0.2) is 0 Å². The van der Waals surface area contributed by atoms with Gasteiger partial charge in [0.25, 0.3) is 0 Å². The number of Topliss-reactive ketones (excluding diaryl/α,β-unsaturated/α-hetero) is 2. The van der Waals surface area contributed by atoms with Crippen LogP contribution in [0.15, 0.2) is 30.3 Å². The van der Waals surface area contributed by atoms with Gasteiger partial charge < -0.3 is 4.90 Å². The summed E-state index contributed by atoms with van der Waals surface area (Å²) in [7, 11) is 0. The molecular weight excluding hydrogens is 272 g/mol. The summed E-state index contributed by atoms with van der Waals surface area (Å²) >= 11 is 0. The van der Waals surface area contributed by atoms with Gasteiger partial charge in [-0.1, -0.05) is 18.2 Å². The Morgan fingerprint density at radius 3 is 2.29 bits per heavy atom. The Labute approximate surface area is 112 Å². The van der Waals surface area contributed by atoms with Crippen LogP contribution in [0, 0.1) is 5.92 Å². The van der Waals surface area contributed by atoms with Gasteiger partial charge in [0.15, 0.2) is 11.7 Å². The van der Waals surface area contributed by atoms with E-state index in [1.54, 1.807) is 24.3 Å². The zero-order valence-electron chi connectivity index (χ0n) is 9.55. The van der Waals surface area contributed by atoms with Crippen molar-refractivity contribution in [3.05, 3.63) is 30.3 Å². The molecule has 0 saturated carbocycles. The molecular formula is C12H11NO3Zn. The van der Waals surface area contributed by atoms with Crippen LogP contribution < -0.4 is 4.90 Å². The molecule has 4 nitrogen and oxygen atoms in total. The van der Waals surface area contributed by atoms with Gasteiger partial charge in [-0.2, -0.15) is 0 Å². The van der Waals surface area contributed by atoms with Crippen LogP contribution >= 0.6 is 0 Å². The number of ketones is 2. The number of para-hydroxylation sites is 1. The van der Waals surface area contributed by atoms with E-state index in [1.807, 2.05) is 6.07 Å². The van der Waals surface area contributed by atoms with Gasteiger partial charge in [0.2, 0.25) is 5.91 Å². The van der Waals surface area contributed by atoms with Crippen LogP contribution in [-0.4, -0.2) is 24.0 Å². The molecule has 1 aromatic carbocycles. The second kappa shape index (κ2) is 5.32. The monoisotopic (exact) mass is 281 g/mol. The normalized spacial score (nSPS) is 19.1. The van der Waals surface area contributed by atoms with Crippen molar-refractivity contribution < 1.29 is 33.9 Å². The summed E-state index contributed by atoms with van der Waals surface area (Å²) in [5.74, 6) is -2.21. The van der Waals surface area contributed by atoms with Crippen molar-refractivity contribution >= 4 is 23.2 Å². The van der Waals surface area contributed by atoms with E-state index < -0.39 is 11.8 Å². The van der Waals surface area contributed by atoms with Crippen LogP contribution in [0.3, 0.4) is 0 Å². The fourth-order valence-corrected chi connectivity index (χ4v) is 1.85. The number of nitrogens with zero attached hydrogens (tertiary/aromatic N) is 1. The molecule has 0 aromatic heterocycles. The summed E-state index contributed by atoms with van der Waals surface area (Å²) in [5, 5.41) is 0. The molecule has 0 N–H and O–H groups in total. The summed E-state index contributed by atoms with van der Waals surface area (Å²) < 4.78 is 0. The van der Waals surface area contributed by atoms with Crippen molar-refractivity contribution in [2.75, 3.05) is 11.4 Å². The standard InChI is InChI=1S/C12H11NO3.Zn/c1-8(14)11-10(15)7-13(12(11)16)9-5-3-2-4-6-9;/h2-6,11H,7H2,1H3;. The van der Waals surface area contributed by atoms with E-state index in [0.29, 0.717) is 5.69 Å². The van der Waals surface area contributed by atoms with E-state index in [9.17, 15) is 14.4 Å². The maximum absolute atomic E-state index is 11.8. The van der Waals surface area contributed by atoms with Crippen molar-refractivity contribution in [1.29, 1.82) is 0 Å². The maximum atomic E-state index is 11.8. The number of benzene rings is 1. The molecule has 0 bridgehead atoms. The van der Waals surface area contributed by atoms with E-state index in [4.69, 9.17) is 0 Å². The van der Waals surface area contributed by atoms with Crippen LogP contribution in [-0.2, 0) is 33.9 Å². The molecule has 84 valence electrons. The minimum atomic E-state index is -1.10. The van der Waals surface area contributed by atoms with E-state index in [0.717, 1.165) is 0 Å². The maximum Gasteiger partial charge on any atom is 0.245 e. The third-order valence-electron chi connectivity index (χ3n) is 2.62. The van der Waals surface area contributed by atoms with Crippen LogP contribution in [0.25, 0.3) is 0 Å². The molecule has 1 aromatic rings. The molecule has 0 radical (unpaired) electrons. The molecule has 0 aliphatic carbocycles. The van der Waals surface area contributed by atoms with Gasteiger partial charge in [-0.3, -0.25) is 14.4 Å². The first kappa shape index (κ1) is 13.7. The molecule has 1 amide bonds. The number of rotatable bonds is 2. The summed E-state index contributed by atoms with van der Waals surface area (Å²) in [4.78, 5) is 35.9. The summed E-state index contributed by atoms with van der Waals surface area (Å²) in [5.41, 5.74) is 0.657. The van der Waals surface area contributed by atoms with Gasteiger partial charge >= 0.3 is 0 Å². The van der Waals surface area contributed by atoms with Crippen molar-refractivity contribution in [2.45, 2.75) is 6.92 Å². The first-order valence-corrected chi connectivity index (χ1v) is 5.01. The zero-order valence-corrected chi connectivity index (χ0v) is 12.5. The minimum absolute atomic E-state index is 0. The van der Waals surface area contributed by atoms with E-state index in [2.05, 4.69) is 0 Å². The number of hydrogen-bond donors (Lipinski definition) is 0. The van der Waals surface area contributed by atoms with E-state index >= 15 is 0 Å². The van der Waals surface area contributed by atoms with Crippen LogP contribution in [0.4, 0.5) is 5.69 Å². The smallest absolute Gasteiger partial charge is 0.245 e. The molecule has 0 spiro atoms. The number of hydrogen-bond acceptors (Lipinski definition) is 3. The summed E-state index contributed by atoms with van der Waals surface area (Å²) in [6.45, 7) is 1.27. The van der Waals surface area contributed by atoms with Crippen LogP contribution in [0.1, 0.15) is 6.92 Å². The molecule has 1 saturated heterocycles. The summed E-state index contributed by atoms with van der Waals surface area (Å²) in [6.07, 6.45) is 0. The van der Waals surface area contributed by atoms with Crippen molar-refractivity contribution in [1.82, 2.24) is 0 Å². The van der Waals surface area contributed by atoms with Crippen LogP contribution in [0.2, 0.25) is 0 Å². The molecule has 5 heteroatoms. The molecule has 17 heavy (non-hydrogen) atoms. The molecule has 1 heterocycles. The first-order valence-electron chi connectivity index (χ1n) is 5.01. The predicted octanol–water partition coefficient (Wildman–Crippen LogP) is 0.805. The molecule has 1 fully saturated rings. The van der Waals surface area contributed by atoms with Gasteiger partial charge in [0, 0.05) is 25.2 Å². The average Bonchev–Trinajstić information content (AvgIpc) is 2.55. The van der Waals surface area contributed by atoms with Crippen molar-refractivity contribution in [3.63, 3.8) is 0 Å². The molecule has 1 aliphatic heterocycles. The Balaban J connectivity index is 0.00000144. The van der Waals surface area contributed by atoms with E-state index in [1.165, 1.54) is 11.8 Å². The third-order valence-corrected chi connectivity index (χ3v) is 2.62. The zero-order chi connectivity index (χ0) is 11.7. The quantitative estimate of drug-likeness (QED) is 0.596. The molecule has 1 unspecified atom stereocenters. The Morgan fingerprint density at radius 1 is 1.24 bits per heavy atom. The molecule has 1 aliphatic rings. The third kappa shape index (κ3) is 2.50. The second-order valence-electron chi connectivity index (χ2n) is 3.77. The Morgan fingerprint density at radius 2 is 1.82 bits per heavy atom. The second-order valence-corrected chi connectivity index (χ2v) is 3.77. The van der Waals surface area contributed by atoms with Crippen molar-refractivity contribution in [2.24, 2.45) is 5.92 Å². The van der Waals surface area contributed by atoms with Gasteiger partial charge in [-0.05, 0) is 19.1 Å². The first-order chi connectivity index (χ1) is 7.61. The Bertz CT molecular complexity index is 458. The SMILES string of the molecule is CC(=O)C1C(=O)CN(c2ccccc2)C1=O.[Zn]. The summed E-state index contributed by atoms with van der Waals surface area (Å²) in [6, 6.07) is 8.89. The Kier molecular flexibility index (Phi) is 4.30. The fraction of sp³-hybridized carbons (Fsp3) is 0.250. The topological polar surface area (TPSA) is 54.5 Å². The average molecular weight is 283 g/mol. The van der Waals surface area contributed by atoms with Gasteiger partial charge in [-0.15, -0.1) is 0 Å². The number of anilines is 1. The number of carbonyl (C=O) groups excluding carboxylic acids is 3.